The number of hydrogen-bond donors (Lipinski definition) is 0. The molecular weight excluding hydrogens is 458 g/mol. The molecule has 2 aromatic rings. The Morgan fingerprint density at radius 3 is 2.53 bits per heavy atom. The summed E-state index contributed by atoms with van der Waals surface area (Å²) in [6, 6.07) is 9.15. The summed E-state index contributed by atoms with van der Waals surface area (Å²) in [4.78, 5) is 12.6. The molecule has 0 aromatic heterocycles. The Hall–Kier alpha value is -2.17. The second-order valence-corrected chi connectivity index (χ2v) is 10.2. The van der Waals surface area contributed by atoms with Crippen molar-refractivity contribution in [1.29, 1.82) is 0 Å². The van der Waals surface area contributed by atoms with Crippen LogP contribution in [0.25, 0.3) is 0 Å². The van der Waals surface area contributed by atoms with Crippen LogP contribution in [-0.2, 0) is 37.4 Å². The van der Waals surface area contributed by atoms with Crippen LogP contribution in [0.1, 0.15) is 35.3 Å². The number of nitrogens with zero attached hydrogens (tertiary/aromatic N) is 1. The van der Waals surface area contributed by atoms with Crippen molar-refractivity contribution in [2.24, 2.45) is 0 Å². The zero-order chi connectivity index (χ0) is 22.9. The largest absolute Gasteiger partial charge is 0.467 e. The van der Waals surface area contributed by atoms with Crippen molar-refractivity contribution in [2.45, 2.75) is 44.2 Å². The molecule has 2 aliphatic rings. The molecule has 0 aliphatic carbocycles. The summed E-state index contributed by atoms with van der Waals surface area (Å²) < 4.78 is 49.1. The molecule has 4 rings (SSSR count). The summed E-state index contributed by atoms with van der Waals surface area (Å²) in [6.07, 6.45) is -0.369. The molecule has 0 N–H and O–H groups in total. The van der Waals surface area contributed by atoms with Crippen LogP contribution in [0.5, 0.6) is 5.75 Å². The van der Waals surface area contributed by atoms with Gasteiger partial charge in [0.05, 0.1) is 29.3 Å². The third kappa shape index (κ3) is 4.92. The number of ether oxygens (including phenoxy) is 4. The predicted molar refractivity (Wildman–Crippen MR) is 116 cm³/mol. The van der Waals surface area contributed by atoms with Gasteiger partial charge in [-0.25, -0.2) is 13.2 Å². The fourth-order valence-corrected chi connectivity index (χ4v) is 5.68. The van der Waals surface area contributed by atoms with Crippen LogP contribution >= 0.6 is 11.6 Å². The first-order chi connectivity index (χ1) is 15.2. The van der Waals surface area contributed by atoms with E-state index in [0.29, 0.717) is 22.9 Å². The average molecular weight is 482 g/mol. The van der Waals surface area contributed by atoms with Crippen molar-refractivity contribution in [3.8, 4) is 5.75 Å². The first kappa shape index (κ1) is 23.0. The lowest BCUT2D eigenvalue weighted by Gasteiger charge is -2.34. The molecule has 10 heteroatoms. The Morgan fingerprint density at radius 2 is 1.84 bits per heavy atom. The number of carbonyl (C=O) groups excluding carboxylic acids is 1. The topological polar surface area (TPSA) is 91.4 Å². The highest BCUT2D eigenvalue weighted by atomic mass is 35.5. The Balaban J connectivity index is 1.44. The molecule has 1 saturated heterocycles. The number of rotatable bonds is 5. The third-order valence-electron chi connectivity index (χ3n) is 5.22. The quantitative estimate of drug-likeness (QED) is 0.604. The fraction of sp³-hybridized carbons (Fsp3) is 0.409. The fourth-order valence-electron chi connectivity index (χ4n) is 3.83. The maximum Gasteiger partial charge on any atom is 0.338 e. The number of fused-ring (bicyclic) bond motifs is 1. The number of hydrogen-bond acceptors (Lipinski definition) is 7. The van der Waals surface area contributed by atoms with Gasteiger partial charge in [0.1, 0.15) is 12.4 Å². The summed E-state index contributed by atoms with van der Waals surface area (Å²) in [5, 5.41) is 0.491. The molecule has 0 amide bonds. The maximum atomic E-state index is 13.0. The third-order valence-corrected chi connectivity index (χ3v) is 7.29. The van der Waals surface area contributed by atoms with Crippen LogP contribution < -0.4 is 4.74 Å². The van der Waals surface area contributed by atoms with Crippen LogP contribution in [0.3, 0.4) is 0 Å². The van der Waals surface area contributed by atoms with E-state index in [2.05, 4.69) is 0 Å². The zero-order valence-electron chi connectivity index (χ0n) is 17.7. The monoisotopic (exact) mass is 481 g/mol. The van der Waals surface area contributed by atoms with Gasteiger partial charge in [-0.2, -0.15) is 4.31 Å². The molecule has 172 valence electrons. The lowest BCUT2D eigenvalue weighted by Crippen LogP contribution is -2.48. The molecule has 2 aromatic carbocycles. The maximum absolute atomic E-state index is 13.0. The minimum absolute atomic E-state index is 0.0364. The van der Waals surface area contributed by atoms with Gasteiger partial charge in [0, 0.05) is 29.2 Å². The van der Waals surface area contributed by atoms with E-state index in [1.165, 1.54) is 28.6 Å². The second kappa shape index (κ2) is 9.36. The molecule has 2 atom stereocenters. The van der Waals surface area contributed by atoms with E-state index in [4.69, 9.17) is 30.5 Å². The number of sulfonamides is 1. The van der Waals surface area contributed by atoms with Crippen LogP contribution in [0.15, 0.2) is 41.3 Å². The van der Waals surface area contributed by atoms with Crippen LogP contribution in [0, 0.1) is 0 Å². The second-order valence-electron chi connectivity index (χ2n) is 7.84. The van der Waals surface area contributed by atoms with Crippen molar-refractivity contribution in [1.82, 2.24) is 4.31 Å². The van der Waals surface area contributed by atoms with Crippen molar-refractivity contribution in [3.05, 3.63) is 58.1 Å². The number of halogens is 1. The summed E-state index contributed by atoms with van der Waals surface area (Å²) in [6.45, 7) is 4.70. The average Bonchev–Trinajstić information content (AvgIpc) is 2.76. The van der Waals surface area contributed by atoms with E-state index >= 15 is 0 Å². The number of carbonyl (C=O) groups is 1. The van der Waals surface area contributed by atoms with Crippen LogP contribution in [-0.4, -0.2) is 50.8 Å². The zero-order valence-corrected chi connectivity index (χ0v) is 19.3. The van der Waals surface area contributed by atoms with E-state index in [1.807, 2.05) is 13.8 Å². The van der Waals surface area contributed by atoms with Crippen molar-refractivity contribution >= 4 is 27.6 Å². The molecule has 2 unspecified atom stereocenters. The van der Waals surface area contributed by atoms with E-state index in [1.54, 1.807) is 12.1 Å². The standard InChI is InChI=1S/C22H24ClNO7S/c1-14-9-24(10-15(2)31-14)32(26,27)20-5-3-16(4-6-20)22(25)29-12-18-8-19(23)7-17-11-28-13-30-21(17)18/h3-8,14-15H,9-13H2,1-2H3. The van der Waals surface area contributed by atoms with Crippen LogP contribution in [0.4, 0.5) is 0 Å². The summed E-state index contributed by atoms with van der Waals surface area (Å²) in [7, 11) is -3.68. The molecule has 0 radical (unpaired) electrons. The van der Waals surface area contributed by atoms with Crippen LogP contribution in [0.2, 0.25) is 5.02 Å². The van der Waals surface area contributed by atoms with E-state index in [0.717, 1.165) is 5.56 Å². The summed E-state index contributed by atoms with van der Waals surface area (Å²) >= 11 is 6.14. The minimum atomic E-state index is -3.68. The van der Waals surface area contributed by atoms with Gasteiger partial charge < -0.3 is 18.9 Å². The highest BCUT2D eigenvalue weighted by Gasteiger charge is 2.32. The Labute approximate surface area is 192 Å². The molecule has 2 heterocycles. The van der Waals surface area contributed by atoms with Gasteiger partial charge in [-0.05, 0) is 50.2 Å². The lowest BCUT2D eigenvalue weighted by molar-refractivity contribution is -0.0440. The predicted octanol–water partition coefficient (Wildman–Crippen LogP) is 3.36. The molecule has 0 saturated carbocycles. The van der Waals surface area contributed by atoms with Gasteiger partial charge in [-0.3, -0.25) is 0 Å². The van der Waals surface area contributed by atoms with Gasteiger partial charge in [0.25, 0.3) is 0 Å². The molecule has 0 spiro atoms. The number of benzene rings is 2. The molecule has 8 nitrogen and oxygen atoms in total. The SMILES string of the molecule is CC1CN(S(=O)(=O)c2ccc(C(=O)OCc3cc(Cl)cc4c3OCOC4)cc2)CC(C)O1. The lowest BCUT2D eigenvalue weighted by atomic mass is 10.1. The molecule has 0 bridgehead atoms. The van der Waals surface area contributed by atoms with Gasteiger partial charge in [0.2, 0.25) is 10.0 Å². The Bertz CT molecular complexity index is 1090. The Morgan fingerprint density at radius 1 is 1.16 bits per heavy atom. The summed E-state index contributed by atoms with van der Waals surface area (Å²) in [5.74, 6) is 0.0206. The van der Waals surface area contributed by atoms with Crippen molar-refractivity contribution < 1.29 is 32.2 Å². The molecule has 1 fully saturated rings. The highest BCUT2D eigenvalue weighted by Crippen LogP contribution is 2.32. The molecule has 2 aliphatic heterocycles. The normalized spacial score (nSPS) is 21.5. The van der Waals surface area contributed by atoms with Gasteiger partial charge in [-0.1, -0.05) is 11.6 Å². The molecular formula is C22H24ClNO7S. The minimum Gasteiger partial charge on any atom is -0.467 e. The Kier molecular flexibility index (Phi) is 6.73. The van der Waals surface area contributed by atoms with E-state index < -0.39 is 16.0 Å². The van der Waals surface area contributed by atoms with Gasteiger partial charge in [-0.15, -0.1) is 0 Å². The smallest absolute Gasteiger partial charge is 0.338 e. The first-order valence-electron chi connectivity index (χ1n) is 10.2. The number of esters is 1. The van der Waals surface area contributed by atoms with Crippen molar-refractivity contribution in [3.63, 3.8) is 0 Å². The number of morpholine rings is 1. The highest BCUT2D eigenvalue weighted by molar-refractivity contribution is 7.89. The van der Waals surface area contributed by atoms with Gasteiger partial charge >= 0.3 is 5.97 Å². The van der Waals surface area contributed by atoms with E-state index in [9.17, 15) is 13.2 Å². The van der Waals surface area contributed by atoms with Crippen molar-refractivity contribution in [2.75, 3.05) is 19.9 Å². The van der Waals surface area contributed by atoms with Gasteiger partial charge in [0.15, 0.2) is 6.79 Å². The summed E-state index contributed by atoms with van der Waals surface area (Å²) in [5.41, 5.74) is 1.67. The molecule has 32 heavy (non-hydrogen) atoms. The first-order valence-corrected chi connectivity index (χ1v) is 12.0. The van der Waals surface area contributed by atoms with E-state index in [-0.39, 0.29) is 49.2 Å².